The van der Waals surface area contributed by atoms with E-state index in [1.54, 1.807) is 0 Å². The summed E-state index contributed by atoms with van der Waals surface area (Å²) in [5, 5.41) is 15.9. The van der Waals surface area contributed by atoms with E-state index in [2.05, 4.69) is 45.1 Å². The molecule has 2 aromatic carbocycles. The van der Waals surface area contributed by atoms with Gasteiger partial charge in [-0.3, -0.25) is 0 Å². The third-order valence-electron chi connectivity index (χ3n) is 4.73. The van der Waals surface area contributed by atoms with Gasteiger partial charge in [0.25, 0.3) is 0 Å². The summed E-state index contributed by atoms with van der Waals surface area (Å²) in [6.45, 7) is 9.60. The summed E-state index contributed by atoms with van der Waals surface area (Å²) < 4.78 is 0. The summed E-state index contributed by atoms with van der Waals surface area (Å²) >= 11 is 6.57. The van der Waals surface area contributed by atoms with Crippen molar-refractivity contribution in [2.24, 2.45) is 0 Å². The number of benzene rings is 2. The molecule has 22 heavy (non-hydrogen) atoms. The van der Waals surface area contributed by atoms with Crippen LogP contribution in [0.5, 0.6) is 5.75 Å². The van der Waals surface area contributed by atoms with Crippen molar-refractivity contribution < 1.29 is 5.11 Å². The van der Waals surface area contributed by atoms with E-state index in [0.29, 0.717) is 11.7 Å². The number of anilines is 1. The van der Waals surface area contributed by atoms with Crippen LogP contribution in [0, 0.1) is 0 Å². The minimum absolute atomic E-state index is 0.0825. The van der Waals surface area contributed by atoms with Crippen molar-refractivity contribution >= 4 is 28.1 Å². The molecule has 2 nitrogen and oxygen atoms in total. The lowest BCUT2D eigenvalue weighted by Crippen LogP contribution is -2.14. The predicted molar refractivity (Wildman–Crippen MR) is 95.5 cm³/mol. The van der Waals surface area contributed by atoms with E-state index in [-0.39, 0.29) is 10.8 Å². The SMILES string of the molecule is CCC(Cl)C1CNc2cc(O)c3ccc(C(C)(C)C)cc3c21. The van der Waals surface area contributed by atoms with Gasteiger partial charge in [-0.1, -0.05) is 45.9 Å². The lowest BCUT2D eigenvalue weighted by molar-refractivity contribution is 0.482. The first-order valence-electron chi connectivity index (χ1n) is 8.01. The number of nitrogens with one attached hydrogen (secondary N) is 1. The van der Waals surface area contributed by atoms with Crippen LogP contribution < -0.4 is 5.32 Å². The number of rotatable bonds is 2. The van der Waals surface area contributed by atoms with Crippen LogP contribution in [0.1, 0.15) is 51.2 Å². The molecule has 3 rings (SSSR count). The minimum atomic E-state index is 0.0825. The van der Waals surface area contributed by atoms with Crippen LogP contribution >= 0.6 is 11.6 Å². The third kappa shape index (κ3) is 2.44. The molecule has 2 unspecified atom stereocenters. The van der Waals surface area contributed by atoms with E-state index in [0.717, 1.165) is 29.4 Å². The Balaban J connectivity index is 2.27. The van der Waals surface area contributed by atoms with Crippen molar-refractivity contribution in [1.82, 2.24) is 0 Å². The van der Waals surface area contributed by atoms with E-state index in [1.165, 1.54) is 11.1 Å². The van der Waals surface area contributed by atoms with Crippen LogP contribution in [-0.4, -0.2) is 17.0 Å². The molecule has 0 fully saturated rings. The molecule has 1 aliphatic heterocycles. The lowest BCUT2D eigenvalue weighted by Gasteiger charge is -2.22. The van der Waals surface area contributed by atoms with Crippen LogP contribution in [0.25, 0.3) is 10.8 Å². The highest BCUT2D eigenvalue weighted by molar-refractivity contribution is 6.21. The zero-order chi connectivity index (χ0) is 16.1. The topological polar surface area (TPSA) is 32.3 Å². The molecule has 0 radical (unpaired) electrons. The first-order valence-corrected chi connectivity index (χ1v) is 8.44. The maximum absolute atomic E-state index is 10.3. The van der Waals surface area contributed by atoms with Gasteiger partial charge >= 0.3 is 0 Å². The van der Waals surface area contributed by atoms with Crippen molar-refractivity contribution in [3.63, 3.8) is 0 Å². The standard InChI is InChI=1S/C19H24ClNO/c1-5-15(20)14-10-21-16-9-17(22)12-7-6-11(19(2,3)4)8-13(12)18(14)16/h6-9,14-15,21-22H,5,10H2,1-4H3. The van der Waals surface area contributed by atoms with Gasteiger partial charge in [-0.2, -0.15) is 0 Å². The van der Waals surface area contributed by atoms with E-state index in [1.807, 2.05) is 12.1 Å². The number of halogens is 1. The summed E-state index contributed by atoms with van der Waals surface area (Å²) in [6, 6.07) is 8.22. The van der Waals surface area contributed by atoms with E-state index >= 15 is 0 Å². The Morgan fingerprint density at radius 2 is 2.00 bits per heavy atom. The highest BCUT2D eigenvalue weighted by Crippen LogP contribution is 2.45. The van der Waals surface area contributed by atoms with Crippen molar-refractivity contribution in [2.45, 2.75) is 50.8 Å². The van der Waals surface area contributed by atoms with Gasteiger partial charge in [0, 0.05) is 35.0 Å². The first-order chi connectivity index (χ1) is 10.3. The lowest BCUT2D eigenvalue weighted by atomic mass is 9.83. The molecule has 0 aromatic heterocycles. The van der Waals surface area contributed by atoms with Crippen molar-refractivity contribution in [1.29, 1.82) is 0 Å². The van der Waals surface area contributed by atoms with Crippen molar-refractivity contribution in [3.8, 4) is 5.75 Å². The van der Waals surface area contributed by atoms with Crippen LogP contribution in [0.15, 0.2) is 24.3 Å². The smallest absolute Gasteiger partial charge is 0.125 e. The Labute approximate surface area is 137 Å². The molecule has 0 aliphatic carbocycles. The number of fused-ring (bicyclic) bond motifs is 3. The predicted octanol–water partition coefficient (Wildman–Crippen LogP) is 5.37. The molecule has 2 aromatic rings. The molecular formula is C19H24ClNO. The van der Waals surface area contributed by atoms with Crippen molar-refractivity contribution in [2.75, 3.05) is 11.9 Å². The normalized spacial score (nSPS) is 19.0. The van der Waals surface area contributed by atoms with Crippen molar-refractivity contribution in [3.05, 3.63) is 35.4 Å². The molecule has 118 valence electrons. The Hall–Kier alpha value is -1.41. The summed E-state index contributed by atoms with van der Waals surface area (Å²) in [7, 11) is 0. The van der Waals surface area contributed by atoms with Crippen LogP contribution in [0.4, 0.5) is 5.69 Å². The Bertz CT molecular complexity index is 717. The second-order valence-electron chi connectivity index (χ2n) is 7.28. The van der Waals surface area contributed by atoms with Gasteiger partial charge in [0.2, 0.25) is 0 Å². The summed E-state index contributed by atoms with van der Waals surface area (Å²) in [5.74, 6) is 0.630. The number of phenolic OH excluding ortho intramolecular Hbond substituents is 1. The third-order valence-corrected chi connectivity index (χ3v) is 5.35. The molecule has 0 saturated carbocycles. The number of hydrogen-bond acceptors (Lipinski definition) is 2. The van der Waals surface area contributed by atoms with Gasteiger partial charge in [-0.15, -0.1) is 11.6 Å². The zero-order valence-corrected chi connectivity index (χ0v) is 14.5. The monoisotopic (exact) mass is 317 g/mol. The highest BCUT2D eigenvalue weighted by Gasteiger charge is 2.31. The Kier molecular flexibility index (Phi) is 3.76. The second-order valence-corrected chi connectivity index (χ2v) is 7.84. The fourth-order valence-electron chi connectivity index (χ4n) is 3.36. The maximum Gasteiger partial charge on any atom is 0.125 e. The van der Waals surface area contributed by atoms with Crippen LogP contribution in [-0.2, 0) is 5.41 Å². The summed E-state index contributed by atoms with van der Waals surface area (Å²) in [4.78, 5) is 0. The molecule has 0 saturated heterocycles. The quantitative estimate of drug-likeness (QED) is 0.730. The van der Waals surface area contributed by atoms with Gasteiger partial charge < -0.3 is 10.4 Å². The number of alkyl halides is 1. The number of aromatic hydroxyl groups is 1. The summed E-state index contributed by atoms with van der Waals surface area (Å²) in [6.07, 6.45) is 0.939. The molecular weight excluding hydrogens is 294 g/mol. The average molecular weight is 318 g/mol. The number of phenols is 1. The Morgan fingerprint density at radius 1 is 1.27 bits per heavy atom. The molecule has 1 heterocycles. The van der Waals surface area contributed by atoms with Gasteiger partial charge in [-0.05, 0) is 28.3 Å². The van der Waals surface area contributed by atoms with Gasteiger partial charge in [0.15, 0.2) is 0 Å². The van der Waals surface area contributed by atoms with E-state index in [9.17, 15) is 5.11 Å². The first kappa shape index (κ1) is 15.5. The van der Waals surface area contributed by atoms with Gasteiger partial charge in [-0.25, -0.2) is 0 Å². The second kappa shape index (κ2) is 5.34. The molecule has 0 spiro atoms. The highest BCUT2D eigenvalue weighted by atomic mass is 35.5. The van der Waals surface area contributed by atoms with Crippen LogP contribution in [0.2, 0.25) is 0 Å². The van der Waals surface area contributed by atoms with Gasteiger partial charge in [0.1, 0.15) is 5.75 Å². The summed E-state index contributed by atoms with van der Waals surface area (Å²) in [5.41, 5.74) is 3.65. The largest absolute Gasteiger partial charge is 0.507 e. The maximum atomic E-state index is 10.3. The molecule has 2 N–H and O–H groups in total. The molecule has 0 amide bonds. The minimum Gasteiger partial charge on any atom is -0.507 e. The fourth-order valence-corrected chi connectivity index (χ4v) is 3.57. The molecule has 3 heteroatoms. The van der Waals surface area contributed by atoms with E-state index < -0.39 is 0 Å². The van der Waals surface area contributed by atoms with E-state index in [4.69, 9.17) is 11.6 Å². The molecule has 1 aliphatic rings. The fraction of sp³-hybridized carbons (Fsp3) is 0.474. The van der Waals surface area contributed by atoms with Crippen LogP contribution in [0.3, 0.4) is 0 Å². The molecule has 0 bridgehead atoms. The number of hydrogen-bond donors (Lipinski definition) is 2. The average Bonchev–Trinajstić information content (AvgIpc) is 2.89. The molecule has 2 atom stereocenters. The zero-order valence-electron chi connectivity index (χ0n) is 13.7. The Morgan fingerprint density at radius 3 is 2.64 bits per heavy atom. The van der Waals surface area contributed by atoms with Gasteiger partial charge in [0.05, 0.1) is 0 Å².